The lowest BCUT2D eigenvalue weighted by atomic mass is 10.1. The quantitative estimate of drug-likeness (QED) is 0.894. The summed E-state index contributed by atoms with van der Waals surface area (Å²) < 4.78 is 10.9. The van der Waals surface area contributed by atoms with Crippen LogP contribution in [0.25, 0.3) is 0 Å². The first kappa shape index (κ1) is 15.8. The Morgan fingerprint density at radius 1 is 1.43 bits per heavy atom. The summed E-state index contributed by atoms with van der Waals surface area (Å²) in [7, 11) is 1.94. The highest BCUT2D eigenvalue weighted by atomic mass is 16.5. The number of ether oxygens (including phenoxy) is 2. The van der Waals surface area contributed by atoms with E-state index in [2.05, 4.69) is 18.3 Å². The number of benzene rings is 1. The van der Waals surface area contributed by atoms with Gasteiger partial charge < -0.3 is 19.7 Å². The fourth-order valence-electron chi connectivity index (χ4n) is 2.31. The fourth-order valence-corrected chi connectivity index (χ4v) is 2.31. The van der Waals surface area contributed by atoms with Crippen LogP contribution in [0.5, 0.6) is 5.75 Å². The molecule has 0 bridgehead atoms. The lowest BCUT2D eigenvalue weighted by Gasteiger charge is -2.26. The molecule has 1 atom stereocenters. The molecule has 0 aliphatic carbocycles. The second kappa shape index (κ2) is 7.43. The van der Waals surface area contributed by atoms with Gasteiger partial charge in [-0.05, 0) is 38.1 Å². The Morgan fingerprint density at radius 2 is 2.14 bits per heavy atom. The van der Waals surface area contributed by atoms with Crippen molar-refractivity contribution < 1.29 is 14.3 Å². The summed E-state index contributed by atoms with van der Waals surface area (Å²) in [5, 5.41) is 3.21. The molecule has 5 heteroatoms. The molecule has 1 heterocycles. The number of nitrogens with one attached hydrogen (secondary N) is 1. The van der Waals surface area contributed by atoms with Crippen molar-refractivity contribution in [3.63, 3.8) is 0 Å². The molecular formula is C16H24N2O3. The third-order valence-electron chi connectivity index (χ3n) is 3.85. The van der Waals surface area contributed by atoms with Crippen LogP contribution in [-0.4, -0.2) is 50.8 Å². The number of nitrogens with zero attached hydrogens (tertiary/aromatic N) is 1. The number of amides is 1. The van der Waals surface area contributed by atoms with Crippen LogP contribution in [0, 0.1) is 6.92 Å². The molecule has 1 aromatic rings. The van der Waals surface area contributed by atoms with Crippen molar-refractivity contribution in [2.24, 2.45) is 0 Å². The SMILES string of the molecule is CNC(C)c1ccc(OCC(=O)N2CCOCC2)c(C)c1. The van der Waals surface area contributed by atoms with Crippen LogP contribution in [0.4, 0.5) is 0 Å². The van der Waals surface area contributed by atoms with Gasteiger partial charge in [-0.25, -0.2) is 0 Å². The van der Waals surface area contributed by atoms with E-state index in [4.69, 9.17) is 9.47 Å². The summed E-state index contributed by atoms with van der Waals surface area (Å²) in [6, 6.07) is 6.36. The van der Waals surface area contributed by atoms with Crippen LogP contribution in [0.15, 0.2) is 18.2 Å². The van der Waals surface area contributed by atoms with E-state index in [1.807, 2.05) is 26.1 Å². The molecule has 1 aliphatic rings. The van der Waals surface area contributed by atoms with Crippen molar-refractivity contribution in [2.45, 2.75) is 19.9 Å². The van der Waals surface area contributed by atoms with Crippen molar-refractivity contribution in [3.05, 3.63) is 29.3 Å². The largest absolute Gasteiger partial charge is 0.484 e. The molecule has 5 nitrogen and oxygen atoms in total. The van der Waals surface area contributed by atoms with Crippen LogP contribution in [-0.2, 0) is 9.53 Å². The number of rotatable bonds is 5. The van der Waals surface area contributed by atoms with Gasteiger partial charge in [0.15, 0.2) is 6.61 Å². The molecule has 1 aromatic carbocycles. The van der Waals surface area contributed by atoms with Crippen LogP contribution in [0.3, 0.4) is 0 Å². The van der Waals surface area contributed by atoms with Gasteiger partial charge in [-0.15, -0.1) is 0 Å². The predicted octanol–water partition coefficient (Wildman–Crippen LogP) is 1.51. The Balaban J connectivity index is 1.92. The van der Waals surface area contributed by atoms with E-state index in [0.29, 0.717) is 32.3 Å². The lowest BCUT2D eigenvalue weighted by Crippen LogP contribution is -2.43. The molecule has 116 valence electrons. The van der Waals surface area contributed by atoms with E-state index in [1.54, 1.807) is 4.90 Å². The van der Waals surface area contributed by atoms with Crippen LogP contribution in [0.1, 0.15) is 24.1 Å². The van der Waals surface area contributed by atoms with E-state index in [0.717, 1.165) is 11.3 Å². The van der Waals surface area contributed by atoms with Gasteiger partial charge in [0.1, 0.15) is 5.75 Å². The molecule has 0 radical (unpaired) electrons. The standard InChI is InChI=1S/C16H24N2O3/c1-12-10-14(13(2)17-3)4-5-15(12)21-11-16(19)18-6-8-20-9-7-18/h4-5,10,13,17H,6-9,11H2,1-3H3. The molecule has 1 amide bonds. The maximum absolute atomic E-state index is 12.0. The van der Waals surface area contributed by atoms with Gasteiger partial charge in [-0.3, -0.25) is 4.79 Å². The third kappa shape index (κ3) is 4.19. The smallest absolute Gasteiger partial charge is 0.260 e. The van der Waals surface area contributed by atoms with Crippen molar-refractivity contribution in [2.75, 3.05) is 40.0 Å². The first-order valence-electron chi connectivity index (χ1n) is 7.38. The molecule has 1 unspecified atom stereocenters. The van der Waals surface area contributed by atoms with Gasteiger partial charge in [-0.2, -0.15) is 0 Å². The highest BCUT2D eigenvalue weighted by molar-refractivity contribution is 5.77. The molecule has 1 saturated heterocycles. The normalized spacial score (nSPS) is 16.6. The minimum Gasteiger partial charge on any atom is -0.484 e. The Bertz CT molecular complexity index is 484. The van der Waals surface area contributed by atoms with Crippen LogP contribution < -0.4 is 10.1 Å². The van der Waals surface area contributed by atoms with Crippen LogP contribution in [0.2, 0.25) is 0 Å². The molecule has 0 saturated carbocycles. The summed E-state index contributed by atoms with van der Waals surface area (Å²) in [5.74, 6) is 0.786. The molecule has 0 aromatic heterocycles. The third-order valence-corrected chi connectivity index (χ3v) is 3.85. The molecule has 1 aliphatic heterocycles. The van der Waals surface area contributed by atoms with Crippen molar-refractivity contribution >= 4 is 5.91 Å². The Kier molecular flexibility index (Phi) is 5.59. The Hall–Kier alpha value is -1.59. The van der Waals surface area contributed by atoms with E-state index in [9.17, 15) is 4.79 Å². The second-order valence-electron chi connectivity index (χ2n) is 5.32. The molecule has 2 rings (SSSR count). The summed E-state index contributed by atoms with van der Waals surface area (Å²) in [6.45, 7) is 6.72. The highest BCUT2D eigenvalue weighted by Crippen LogP contribution is 2.22. The van der Waals surface area contributed by atoms with E-state index < -0.39 is 0 Å². The zero-order valence-electron chi connectivity index (χ0n) is 13.0. The number of hydrogen-bond acceptors (Lipinski definition) is 4. The number of aryl methyl sites for hydroxylation is 1. The van der Waals surface area contributed by atoms with Crippen molar-refractivity contribution in [1.29, 1.82) is 0 Å². The van der Waals surface area contributed by atoms with Gasteiger partial charge >= 0.3 is 0 Å². The minimum absolute atomic E-state index is 0.0189. The first-order chi connectivity index (χ1) is 10.1. The maximum atomic E-state index is 12.0. The summed E-state index contributed by atoms with van der Waals surface area (Å²) >= 11 is 0. The zero-order chi connectivity index (χ0) is 15.2. The van der Waals surface area contributed by atoms with Gasteiger partial charge in [0.2, 0.25) is 0 Å². The summed E-state index contributed by atoms with van der Waals surface area (Å²) in [6.07, 6.45) is 0. The zero-order valence-corrected chi connectivity index (χ0v) is 13.0. The molecule has 1 N–H and O–H groups in total. The summed E-state index contributed by atoms with van der Waals surface area (Å²) in [4.78, 5) is 13.8. The molecule has 21 heavy (non-hydrogen) atoms. The number of carbonyl (C=O) groups excluding carboxylic acids is 1. The predicted molar refractivity (Wildman–Crippen MR) is 81.5 cm³/mol. The minimum atomic E-state index is 0.0189. The van der Waals surface area contributed by atoms with Crippen molar-refractivity contribution in [3.8, 4) is 5.75 Å². The van der Waals surface area contributed by atoms with Crippen LogP contribution >= 0.6 is 0 Å². The fraction of sp³-hybridized carbons (Fsp3) is 0.562. The average Bonchev–Trinajstić information content (AvgIpc) is 2.53. The number of morpholine rings is 1. The highest BCUT2D eigenvalue weighted by Gasteiger charge is 2.17. The number of hydrogen-bond donors (Lipinski definition) is 1. The Morgan fingerprint density at radius 3 is 2.76 bits per heavy atom. The number of carbonyl (C=O) groups is 1. The van der Waals surface area contributed by atoms with Crippen molar-refractivity contribution in [1.82, 2.24) is 10.2 Å². The molecule has 0 spiro atoms. The van der Waals surface area contributed by atoms with E-state index in [1.165, 1.54) is 5.56 Å². The summed E-state index contributed by atoms with van der Waals surface area (Å²) in [5.41, 5.74) is 2.26. The van der Waals surface area contributed by atoms with Gasteiger partial charge in [0, 0.05) is 19.1 Å². The van der Waals surface area contributed by atoms with E-state index in [-0.39, 0.29) is 12.5 Å². The molecular weight excluding hydrogens is 268 g/mol. The average molecular weight is 292 g/mol. The molecule has 1 fully saturated rings. The van der Waals surface area contributed by atoms with Gasteiger partial charge in [-0.1, -0.05) is 12.1 Å². The monoisotopic (exact) mass is 292 g/mol. The topological polar surface area (TPSA) is 50.8 Å². The van der Waals surface area contributed by atoms with Gasteiger partial charge in [0.05, 0.1) is 13.2 Å². The first-order valence-corrected chi connectivity index (χ1v) is 7.38. The second-order valence-corrected chi connectivity index (χ2v) is 5.32. The van der Waals surface area contributed by atoms with Gasteiger partial charge in [0.25, 0.3) is 5.91 Å². The lowest BCUT2D eigenvalue weighted by molar-refractivity contribution is -0.137. The Labute approximate surface area is 126 Å². The van der Waals surface area contributed by atoms with E-state index >= 15 is 0 Å². The maximum Gasteiger partial charge on any atom is 0.260 e.